The number of nitrogens with one attached hydrogen (secondary N) is 2. The van der Waals surface area contributed by atoms with Gasteiger partial charge in [0, 0.05) is 22.8 Å². The van der Waals surface area contributed by atoms with E-state index in [1.165, 1.54) is 0 Å². The maximum atomic E-state index is 12.3. The van der Waals surface area contributed by atoms with Crippen LogP contribution in [0.5, 0.6) is 0 Å². The molecule has 2 amide bonds. The van der Waals surface area contributed by atoms with Gasteiger partial charge in [0.25, 0.3) is 0 Å². The van der Waals surface area contributed by atoms with E-state index in [1.54, 1.807) is 24.4 Å². The number of hydrogen-bond donors (Lipinski definition) is 3. The first kappa shape index (κ1) is 18.0. The molecule has 132 valence electrons. The highest BCUT2D eigenvalue weighted by molar-refractivity contribution is 6.35. The van der Waals surface area contributed by atoms with Crippen LogP contribution in [0.4, 0.5) is 4.79 Å². The Kier molecular flexibility index (Phi) is 5.78. The second-order valence-electron chi connectivity index (χ2n) is 6.18. The zero-order valence-corrected chi connectivity index (χ0v) is 15.0. The van der Waals surface area contributed by atoms with Crippen LogP contribution in [0.3, 0.4) is 0 Å². The van der Waals surface area contributed by atoms with E-state index >= 15 is 0 Å². The van der Waals surface area contributed by atoms with E-state index < -0.39 is 0 Å². The molecule has 7 heteroatoms. The first-order valence-corrected chi connectivity index (χ1v) is 8.86. The molecular formula is C18H19Cl2N3O2. The molecule has 0 aliphatic heterocycles. The molecule has 1 atom stereocenters. The third-order valence-corrected chi connectivity index (χ3v) is 4.96. The third kappa shape index (κ3) is 4.63. The van der Waals surface area contributed by atoms with Gasteiger partial charge in [0.2, 0.25) is 0 Å². The molecule has 5 nitrogen and oxygen atoms in total. The molecule has 3 rings (SSSR count). The van der Waals surface area contributed by atoms with Crippen LogP contribution in [0.25, 0.3) is 0 Å². The van der Waals surface area contributed by atoms with E-state index in [0.717, 1.165) is 11.3 Å². The zero-order chi connectivity index (χ0) is 17.8. The standard InChI is InChI=1S/C18H19Cl2N3O2/c19-13-5-4-11(15(20)9-13)10-22-18(25)23-17(12-7-14(24)8-12)16-3-1-2-6-21-16/h1-6,9,12,14,17,24H,7-8,10H2,(H2,22,23,25)/t12?,14?,17-/m0/s1. The molecular weight excluding hydrogens is 361 g/mol. The number of aliphatic hydroxyl groups is 1. The van der Waals surface area contributed by atoms with E-state index in [1.807, 2.05) is 18.2 Å². The van der Waals surface area contributed by atoms with E-state index in [0.29, 0.717) is 29.4 Å². The van der Waals surface area contributed by atoms with Gasteiger partial charge in [0.15, 0.2) is 0 Å². The Morgan fingerprint density at radius 3 is 2.72 bits per heavy atom. The van der Waals surface area contributed by atoms with Crippen LogP contribution >= 0.6 is 23.2 Å². The number of aliphatic hydroxyl groups excluding tert-OH is 1. The van der Waals surface area contributed by atoms with Crippen molar-refractivity contribution in [3.05, 3.63) is 63.9 Å². The van der Waals surface area contributed by atoms with Gasteiger partial charge >= 0.3 is 6.03 Å². The number of carbonyl (C=O) groups excluding carboxylic acids is 1. The smallest absolute Gasteiger partial charge is 0.315 e. The largest absolute Gasteiger partial charge is 0.393 e. The molecule has 0 radical (unpaired) electrons. The predicted molar refractivity (Wildman–Crippen MR) is 97.5 cm³/mol. The molecule has 1 aromatic carbocycles. The quantitative estimate of drug-likeness (QED) is 0.741. The molecule has 1 aliphatic carbocycles. The Bertz CT molecular complexity index is 736. The average molecular weight is 380 g/mol. The van der Waals surface area contributed by atoms with Crippen LogP contribution in [0.15, 0.2) is 42.6 Å². The van der Waals surface area contributed by atoms with E-state index in [2.05, 4.69) is 15.6 Å². The lowest BCUT2D eigenvalue weighted by Gasteiger charge is -2.37. The highest BCUT2D eigenvalue weighted by Crippen LogP contribution is 2.37. The number of pyridine rings is 1. The van der Waals surface area contributed by atoms with Gasteiger partial charge in [-0.2, -0.15) is 0 Å². The van der Waals surface area contributed by atoms with E-state index in [9.17, 15) is 9.90 Å². The summed E-state index contributed by atoms with van der Waals surface area (Å²) in [5.74, 6) is 0.176. The molecule has 1 saturated carbocycles. The first-order valence-electron chi connectivity index (χ1n) is 8.10. The maximum absolute atomic E-state index is 12.3. The number of hydrogen-bond acceptors (Lipinski definition) is 3. The van der Waals surface area contributed by atoms with E-state index in [4.69, 9.17) is 23.2 Å². The van der Waals surface area contributed by atoms with Gasteiger partial charge in [-0.3, -0.25) is 4.98 Å². The number of rotatable bonds is 5. The number of carbonyl (C=O) groups is 1. The average Bonchev–Trinajstić information content (AvgIpc) is 2.57. The lowest BCUT2D eigenvalue weighted by Crippen LogP contribution is -2.45. The molecule has 1 aromatic heterocycles. The predicted octanol–water partition coefficient (Wildman–Crippen LogP) is 3.70. The summed E-state index contributed by atoms with van der Waals surface area (Å²) in [5.41, 5.74) is 1.58. The summed E-state index contributed by atoms with van der Waals surface area (Å²) in [6, 6.07) is 10.2. The summed E-state index contributed by atoms with van der Waals surface area (Å²) < 4.78 is 0. The Morgan fingerprint density at radius 1 is 1.28 bits per heavy atom. The van der Waals surface area contributed by atoms with Crippen molar-refractivity contribution in [3.8, 4) is 0 Å². The second kappa shape index (κ2) is 8.04. The van der Waals surface area contributed by atoms with Gasteiger partial charge in [-0.15, -0.1) is 0 Å². The van der Waals surface area contributed by atoms with Gasteiger partial charge in [-0.05, 0) is 48.6 Å². The molecule has 25 heavy (non-hydrogen) atoms. The molecule has 0 bridgehead atoms. The Morgan fingerprint density at radius 2 is 2.08 bits per heavy atom. The minimum atomic E-state index is -0.303. The number of halogens is 2. The summed E-state index contributed by atoms with van der Waals surface area (Å²) in [6.07, 6.45) is 2.72. The monoisotopic (exact) mass is 379 g/mol. The van der Waals surface area contributed by atoms with Gasteiger partial charge in [-0.25, -0.2) is 4.79 Å². The minimum absolute atomic E-state index is 0.176. The summed E-state index contributed by atoms with van der Waals surface area (Å²) in [5, 5.41) is 16.4. The van der Waals surface area contributed by atoms with Gasteiger partial charge in [-0.1, -0.05) is 35.3 Å². The number of aromatic nitrogens is 1. The molecule has 0 spiro atoms. The van der Waals surface area contributed by atoms with Crippen molar-refractivity contribution in [3.63, 3.8) is 0 Å². The number of benzene rings is 1. The summed E-state index contributed by atoms with van der Waals surface area (Å²) >= 11 is 12.0. The maximum Gasteiger partial charge on any atom is 0.315 e. The van der Waals surface area contributed by atoms with Crippen LogP contribution in [0, 0.1) is 5.92 Å². The topological polar surface area (TPSA) is 74.2 Å². The lowest BCUT2D eigenvalue weighted by atomic mass is 9.76. The third-order valence-electron chi connectivity index (χ3n) is 4.37. The lowest BCUT2D eigenvalue weighted by molar-refractivity contribution is 0.0252. The summed E-state index contributed by atoms with van der Waals surface area (Å²) in [4.78, 5) is 16.7. The molecule has 2 aromatic rings. The van der Waals surface area contributed by atoms with Gasteiger partial charge in [0.1, 0.15) is 0 Å². The molecule has 0 saturated heterocycles. The molecule has 0 unspecified atom stereocenters. The Balaban J connectivity index is 1.62. The van der Waals surface area contributed by atoms with Crippen LogP contribution in [-0.2, 0) is 6.54 Å². The van der Waals surface area contributed by atoms with E-state index in [-0.39, 0.29) is 24.1 Å². The van der Waals surface area contributed by atoms with Crippen molar-refractivity contribution in [2.45, 2.75) is 31.5 Å². The molecule has 1 fully saturated rings. The zero-order valence-electron chi connectivity index (χ0n) is 13.5. The molecule has 3 N–H and O–H groups in total. The van der Waals surface area contributed by atoms with Crippen LogP contribution < -0.4 is 10.6 Å². The molecule has 1 aliphatic rings. The van der Waals surface area contributed by atoms with Gasteiger partial charge < -0.3 is 15.7 Å². The minimum Gasteiger partial charge on any atom is -0.393 e. The highest BCUT2D eigenvalue weighted by Gasteiger charge is 2.36. The number of urea groups is 1. The fourth-order valence-electron chi connectivity index (χ4n) is 2.93. The van der Waals surface area contributed by atoms with Crippen molar-refractivity contribution in [1.82, 2.24) is 15.6 Å². The van der Waals surface area contributed by atoms with Crippen molar-refractivity contribution in [1.29, 1.82) is 0 Å². The first-order chi connectivity index (χ1) is 12.0. The van der Waals surface area contributed by atoms with Crippen LogP contribution in [-0.4, -0.2) is 22.2 Å². The fraction of sp³-hybridized carbons (Fsp3) is 0.333. The Hall–Kier alpha value is -1.82. The summed E-state index contributed by atoms with van der Waals surface area (Å²) in [6.45, 7) is 0.296. The second-order valence-corrected chi connectivity index (χ2v) is 7.02. The number of amides is 2. The Labute approximate surface area is 156 Å². The van der Waals surface area contributed by atoms with Gasteiger partial charge in [0.05, 0.1) is 17.8 Å². The SMILES string of the molecule is O=C(NCc1ccc(Cl)cc1Cl)N[C@H](c1ccccn1)C1CC(O)C1. The normalized spacial score (nSPS) is 20.4. The van der Waals surface area contributed by atoms with Crippen molar-refractivity contribution in [2.75, 3.05) is 0 Å². The fourth-order valence-corrected chi connectivity index (χ4v) is 3.40. The van der Waals surface area contributed by atoms with Crippen molar-refractivity contribution < 1.29 is 9.90 Å². The van der Waals surface area contributed by atoms with Crippen LogP contribution in [0.1, 0.15) is 30.1 Å². The number of nitrogens with zero attached hydrogens (tertiary/aromatic N) is 1. The van der Waals surface area contributed by atoms with Crippen molar-refractivity contribution >= 4 is 29.2 Å². The highest BCUT2D eigenvalue weighted by atomic mass is 35.5. The summed E-state index contributed by atoms with van der Waals surface area (Å²) in [7, 11) is 0. The van der Waals surface area contributed by atoms with Crippen molar-refractivity contribution in [2.24, 2.45) is 5.92 Å². The van der Waals surface area contributed by atoms with Crippen LogP contribution in [0.2, 0.25) is 10.0 Å². The molecule has 1 heterocycles.